The lowest BCUT2D eigenvalue weighted by atomic mass is 9.86. The van der Waals surface area contributed by atoms with Gasteiger partial charge in [0.25, 0.3) is 5.56 Å². The summed E-state index contributed by atoms with van der Waals surface area (Å²) >= 11 is 0. The van der Waals surface area contributed by atoms with E-state index in [4.69, 9.17) is 10.5 Å². The van der Waals surface area contributed by atoms with E-state index in [0.29, 0.717) is 29.0 Å². The number of H-pyrrole nitrogens is 1. The van der Waals surface area contributed by atoms with E-state index >= 15 is 0 Å². The number of hydrogen-bond donors (Lipinski definition) is 2. The van der Waals surface area contributed by atoms with E-state index < -0.39 is 0 Å². The van der Waals surface area contributed by atoms with Gasteiger partial charge in [0, 0.05) is 23.2 Å². The topological polar surface area (TPSA) is 68.1 Å². The van der Waals surface area contributed by atoms with Crippen LogP contribution in [0.2, 0.25) is 0 Å². The first-order chi connectivity index (χ1) is 11.7. The van der Waals surface area contributed by atoms with Crippen LogP contribution in [0.4, 0.5) is 4.39 Å². The lowest BCUT2D eigenvalue weighted by molar-refractivity contribution is 0.348. The van der Waals surface area contributed by atoms with Crippen LogP contribution < -0.4 is 16.0 Å². The lowest BCUT2D eigenvalue weighted by Gasteiger charge is -2.21. The summed E-state index contributed by atoms with van der Waals surface area (Å²) in [5.41, 5.74) is 6.76. The largest absolute Gasteiger partial charge is 0.489 e. The Labute approximate surface area is 140 Å². The summed E-state index contributed by atoms with van der Waals surface area (Å²) in [5.74, 6) is 1.04. The summed E-state index contributed by atoms with van der Waals surface area (Å²) in [6.07, 6.45) is 6.43. The average Bonchev–Trinajstić information content (AvgIpc) is 2.63. The molecular weight excluding hydrogens is 307 g/mol. The number of fused-ring (bicyclic) bond motifs is 1. The second-order valence-electron chi connectivity index (χ2n) is 6.40. The standard InChI is InChI=1S/C19H23FN2O2/c20-10-13(11-21)12-24-16-6-7-17-15(8-16)9-18(22-19(17)23)14-4-2-1-3-5-14/h6-10,14H,1-5,11-12,21H2,(H,22,23). The molecule has 128 valence electrons. The van der Waals surface area contributed by atoms with Crippen LogP contribution in [0, 0.1) is 0 Å². The lowest BCUT2D eigenvalue weighted by Crippen LogP contribution is -2.14. The van der Waals surface area contributed by atoms with E-state index in [0.717, 1.165) is 23.9 Å². The Morgan fingerprint density at radius 1 is 1.29 bits per heavy atom. The molecule has 1 saturated carbocycles. The van der Waals surface area contributed by atoms with E-state index in [1.807, 2.05) is 6.07 Å². The van der Waals surface area contributed by atoms with E-state index in [1.165, 1.54) is 19.3 Å². The van der Waals surface area contributed by atoms with Crippen molar-refractivity contribution in [1.29, 1.82) is 0 Å². The predicted molar refractivity (Wildman–Crippen MR) is 94.1 cm³/mol. The van der Waals surface area contributed by atoms with Crippen molar-refractivity contribution in [2.45, 2.75) is 38.0 Å². The fraction of sp³-hybridized carbons (Fsp3) is 0.421. The second-order valence-corrected chi connectivity index (χ2v) is 6.40. The molecule has 1 heterocycles. The molecule has 0 atom stereocenters. The first-order valence-corrected chi connectivity index (χ1v) is 8.49. The van der Waals surface area contributed by atoms with E-state index in [-0.39, 0.29) is 18.7 Å². The van der Waals surface area contributed by atoms with Crippen molar-refractivity contribution in [3.63, 3.8) is 0 Å². The van der Waals surface area contributed by atoms with E-state index in [1.54, 1.807) is 12.1 Å². The van der Waals surface area contributed by atoms with Gasteiger partial charge < -0.3 is 15.5 Å². The van der Waals surface area contributed by atoms with Gasteiger partial charge in [-0.2, -0.15) is 0 Å². The van der Waals surface area contributed by atoms with E-state index in [2.05, 4.69) is 11.1 Å². The van der Waals surface area contributed by atoms with Gasteiger partial charge in [-0.1, -0.05) is 19.3 Å². The molecule has 0 unspecified atom stereocenters. The number of nitrogens with one attached hydrogen (secondary N) is 1. The highest BCUT2D eigenvalue weighted by Gasteiger charge is 2.17. The van der Waals surface area contributed by atoms with Crippen molar-refractivity contribution in [3.05, 3.63) is 52.2 Å². The van der Waals surface area contributed by atoms with Crippen LogP contribution in [0.25, 0.3) is 10.8 Å². The number of nitrogens with two attached hydrogens (primary N) is 1. The van der Waals surface area contributed by atoms with Crippen LogP contribution >= 0.6 is 0 Å². The number of ether oxygens (including phenoxy) is 1. The highest BCUT2D eigenvalue weighted by molar-refractivity contribution is 5.83. The molecule has 0 amide bonds. The molecule has 1 aromatic carbocycles. The van der Waals surface area contributed by atoms with Gasteiger partial charge in [-0.3, -0.25) is 4.79 Å². The summed E-state index contributed by atoms with van der Waals surface area (Å²) < 4.78 is 18.1. The zero-order valence-electron chi connectivity index (χ0n) is 13.7. The molecule has 3 rings (SSSR count). The van der Waals surface area contributed by atoms with Crippen LogP contribution in [-0.4, -0.2) is 18.1 Å². The fourth-order valence-corrected chi connectivity index (χ4v) is 3.30. The summed E-state index contributed by atoms with van der Waals surface area (Å²) in [7, 11) is 0. The molecule has 5 heteroatoms. The van der Waals surface area contributed by atoms with Gasteiger partial charge in [0.15, 0.2) is 0 Å². The molecule has 0 spiro atoms. The number of aromatic amines is 1. The van der Waals surface area contributed by atoms with Crippen molar-refractivity contribution in [2.75, 3.05) is 13.2 Å². The van der Waals surface area contributed by atoms with Gasteiger partial charge >= 0.3 is 0 Å². The molecule has 0 saturated heterocycles. The molecule has 0 radical (unpaired) electrons. The monoisotopic (exact) mass is 330 g/mol. The molecule has 1 fully saturated rings. The van der Waals surface area contributed by atoms with Crippen molar-refractivity contribution < 1.29 is 9.13 Å². The fourth-order valence-electron chi connectivity index (χ4n) is 3.30. The van der Waals surface area contributed by atoms with Crippen LogP contribution in [0.1, 0.15) is 43.7 Å². The van der Waals surface area contributed by atoms with Crippen molar-refractivity contribution in [3.8, 4) is 5.75 Å². The first kappa shape index (κ1) is 16.7. The summed E-state index contributed by atoms with van der Waals surface area (Å²) in [4.78, 5) is 15.4. The third kappa shape index (κ3) is 3.67. The molecule has 0 bridgehead atoms. The number of hydrogen-bond acceptors (Lipinski definition) is 3. The number of halogens is 1. The average molecular weight is 330 g/mol. The SMILES string of the molecule is NCC(=CF)COc1ccc2c(=O)[nH]c(C3CCCCC3)cc2c1. The minimum Gasteiger partial charge on any atom is -0.489 e. The summed E-state index contributed by atoms with van der Waals surface area (Å²) in [5, 5.41) is 1.50. The van der Waals surface area contributed by atoms with Crippen molar-refractivity contribution in [1.82, 2.24) is 4.98 Å². The Morgan fingerprint density at radius 3 is 2.79 bits per heavy atom. The van der Waals surface area contributed by atoms with Gasteiger partial charge in [-0.25, -0.2) is 4.39 Å². The molecular formula is C19H23FN2O2. The maximum Gasteiger partial charge on any atom is 0.256 e. The minimum absolute atomic E-state index is 0.0640. The highest BCUT2D eigenvalue weighted by atomic mass is 19.1. The molecule has 2 aromatic rings. The molecule has 0 aliphatic heterocycles. The Morgan fingerprint density at radius 2 is 2.08 bits per heavy atom. The molecule has 1 aliphatic rings. The van der Waals surface area contributed by atoms with Crippen molar-refractivity contribution in [2.24, 2.45) is 5.73 Å². The molecule has 24 heavy (non-hydrogen) atoms. The smallest absolute Gasteiger partial charge is 0.256 e. The maximum atomic E-state index is 12.6. The summed E-state index contributed by atoms with van der Waals surface area (Å²) in [6, 6.07) is 7.36. The number of pyridine rings is 1. The minimum atomic E-state index is -0.0640. The Hall–Kier alpha value is -2.14. The number of benzene rings is 1. The number of rotatable bonds is 5. The third-order valence-corrected chi connectivity index (χ3v) is 4.72. The maximum absolute atomic E-state index is 12.6. The van der Waals surface area contributed by atoms with Gasteiger partial charge in [0.1, 0.15) is 12.4 Å². The van der Waals surface area contributed by atoms with Gasteiger partial charge in [-0.15, -0.1) is 0 Å². The van der Waals surface area contributed by atoms with Gasteiger partial charge in [0.2, 0.25) is 0 Å². The Balaban J connectivity index is 1.88. The highest BCUT2D eigenvalue weighted by Crippen LogP contribution is 2.32. The zero-order valence-corrected chi connectivity index (χ0v) is 13.7. The van der Waals surface area contributed by atoms with Crippen LogP contribution in [0.15, 0.2) is 41.0 Å². The molecule has 1 aliphatic carbocycles. The second kappa shape index (κ2) is 7.62. The van der Waals surface area contributed by atoms with Gasteiger partial charge in [-0.05, 0) is 48.4 Å². The first-order valence-electron chi connectivity index (χ1n) is 8.49. The zero-order chi connectivity index (χ0) is 16.9. The number of aromatic nitrogens is 1. The predicted octanol–water partition coefficient (Wildman–Crippen LogP) is 3.77. The van der Waals surface area contributed by atoms with Crippen LogP contribution in [-0.2, 0) is 0 Å². The molecule has 1 aromatic heterocycles. The van der Waals surface area contributed by atoms with Crippen LogP contribution in [0.5, 0.6) is 5.75 Å². The van der Waals surface area contributed by atoms with Crippen molar-refractivity contribution >= 4 is 10.8 Å². The third-order valence-electron chi connectivity index (χ3n) is 4.72. The quantitative estimate of drug-likeness (QED) is 0.877. The van der Waals surface area contributed by atoms with Crippen LogP contribution in [0.3, 0.4) is 0 Å². The molecule has 3 N–H and O–H groups in total. The Bertz CT molecular complexity index is 792. The normalized spacial score (nSPS) is 16.5. The Kier molecular flexibility index (Phi) is 5.30. The summed E-state index contributed by atoms with van der Waals surface area (Å²) in [6.45, 7) is 0.229. The van der Waals surface area contributed by atoms with Gasteiger partial charge in [0.05, 0.1) is 6.33 Å². The van der Waals surface area contributed by atoms with E-state index in [9.17, 15) is 9.18 Å². The molecule has 4 nitrogen and oxygen atoms in total.